The Labute approximate surface area is 171 Å². The van der Waals surface area contributed by atoms with Crippen LogP contribution in [-0.4, -0.2) is 42.0 Å². The number of hydrogen-bond donors (Lipinski definition) is 1. The van der Waals surface area contributed by atoms with Crippen molar-refractivity contribution in [2.75, 3.05) is 13.1 Å². The summed E-state index contributed by atoms with van der Waals surface area (Å²) in [4.78, 5) is 24.2. The second kappa shape index (κ2) is 6.44. The molecule has 9 nitrogen and oxygen atoms in total. The van der Waals surface area contributed by atoms with Gasteiger partial charge in [-0.2, -0.15) is 4.31 Å². The van der Waals surface area contributed by atoms with Crippen LogP contribution in [0.4, 0.5) is 0 Å². The molecule has 0 aliphatic carbocycles. The average molecular weight is 429 g/mol. The molecule has 10 heteroatoms. The lowest BCUT2D eigenvalue weighted by molar-refractivity contribution is -0.0155. The number of carbonyl (C=O) groups is 1. The number of benzene rings is 2. The molecule has 2 aliphatic heterocycles. The highest BCUT2D eigenvalue weighted by molar-refractivity contribution is 7.89. The molecule has 156 valence electrons. The van der Waals surface area contributed by atoms with Gasteiger partial charge in [-0.3, -0.25) is 9.36 Å². The van der Waals surface area contributed by atoms with Crippen LogP contribution in [0.2, 0.25) is 0 Å². The zero-order valence-electron chi connectivity index (χ0n) is 16.1. The number of aryl methyl sites for hydroxylation is 1. The number of sulfonamides is 1. The van der Waals surface area contributed by atoms with Gasteiger partial charge in [0.25, 0.3) is 5.91 Å². The largest absolute Gasteiger partial charge is 0.467 e. The van der Waals surface area contributed by atoms with E-state index in [0.29, 0.717) is 29.7 Å². The molecule has 1 N–H and O–H groups in total. The number of rotatable bonds is 2. The highest BCUT2D eigenvalue weighted by atomic mass is 32.2. The predicted octanol–water partition coefficient (Wildman–Crippen LogP) is 1.43. The van der Waals surface area contributed by atoms with E-state index in [-0.39, 0.29) is 29.5 Å². The number of ether oxygens (including phenoxy) is 1. The van der Waals surface area contributed by atoms with Crippen molar-refractivity contribution in [2.45, 2.75) is 23.5 Å². The summed E-state index contributed by atoms with van der Waals surface area (Å²) in [7, 11) is -2.23. The highest BCUT2D eigenvalue weighted by Crippen LogP contribution is 2.35. The van der Waals surface area contributed by atoms with Gasteiger partial charge in [-0.15, -0.1) is 0 Å². The van der Waals surface area contributed by atoms with Gasteiger partial charge in [0.2, 0.25) is 10.0 Å². The van der Waals surface area contributed by atoms with E-state index in [1.165, 1.54) is 21.0 Å². The van der Waals surface area contributed by atoms with Gasteiger partial charge >= 0.3 is 5.76 Å². The first-order chi connectivity index (χ1) is 14.3. The van der Waals surface area contributed by atoms with Gasteiger partial charge in [0.1, 0.15) is 5.75 Å². The number of amides is 1. The highest BCUT2D eigenvalue weighted by Gasteiger charge is 2.44. The Kier molecular flexibility index (Phi) is 4.06. The van der Waals surface area contributed by atoms with Gasteiger partial charge in [0.15, 0.2) is 11.3 Å². The van der Waals surface area contributed by atoms with E-state index >= 15 is 0 Å². The summed E-state index contributed by atoms with van der Waals surface area (Å²) in [5, 5.41) is 2.90. The standard InChI is InChI=1S/C20H19N3O6S/c1-22-15-7-6-13(12-17(15)28-19(22)25)30(26,27)23-10-8-20(9-11-23)21-18(24)14-4-2-3-5-16(14)29-20/h2-7,12H,8-11H2,1H3,(H,21,24). The molecule has 0 radical (unpaired) electrons. The third-order valence-corrected chi connectivity index (χ3v) is 7.60. The van der Waals surface area contributed by atoms with Crippen LogP contribution in [0.1, 0.15) is 23.2 Å². The van der Waals surface area contributed by atoms with Gasteiger partial charge in [0, 0.05) is 39.0 Å². The summed E-state index contributed by atoms with van der Waals surface area (Å²) in [6, 6.07) is 11.4. The van der Waals surface area contributed by atoms with Crippen LogP contribution < -0.4 is 15.8 Å². The molecule has 3 heterocycles. The molecule has 0 saturated carbocycles. The molecule has 1 spiro atoms. The number of piperidine rings is 1. The number of aromatic nitrogens is 1. The molecule has 1 aromatic heterocycles. The second-order valence-electron chi connectivity index (χ2n) is 7.51. The number of carbonyl (C=O) groups excluding carboxylic acids is 1. The molecule has 0 atom stereocenters. The van der Waals surface area contributed by atoms with Gasteiger partial charge in [0.05, 0.1) is 16.0 Å². The maximum absolute atomic E-state index is 13.1. The number of nitrogens with one attached hydrogen (secondary N) is 1. The first-order valence-corrected chi connectivity index (χ1v) is 10.9. The molecule has 2 aromatic carbocycles. The lowest BCUT2D eigenvalue weighted by Crippen LogP contribution is -2.61. The predicted molar refractivity (Wildman–Crippen MR) is 107 cm³/mol. The van der Waals surface area contributed by atoms with E-state index in [9.17, 15) is 18.0 Å². The number of fused-ring (bicyclic) bond motifs is 2. The monoisotopic (exact) mass is 429 g/mol. The minimum absolute atomic E-state index is 0.0549. The third-order valence-electron chi connectivity index (χ3n) is 5.71. The number of nitrogens with zero attached hydrogens (tertiary/aromatic N) is 2. The van der Waals surface area contributed by atoms with E-state index in [4.69, 9.17) is 9.15 Å². The fraction of sp³-hybridized carbons (Fsp3) is 0.300. The maximum Gasteiger partial charge on any atom is 0.419 e. The Morgan fingerprint density at radius 1 is 1.07 bits per heavy atom. The second-order valence-corrected chi connectivity index (χ2v) is 9.45. The molecule has 1 amide bonds. The van der Waals surface area contributed by atoms with Gasteiger partial charge in [-0.05, 0) is 24.3 Å². The zero-order valence-corrected chi connectivity index (χ0v) is 16.9. The van der Waals surface area contributed by atoms with E-state index in [2.05, 4.69) is 5.32 Å². The summed E-state index contributed by atoms with van der Waals surface area (Å²) in [5.74, 6) is -0.273. The van der Waals surface area contributed by atoms with E-state index in [0.717, 1.165) is 0 Å². The van der Waals surface area contributed by atoms with Crippen LogP contribution in [0.3, 0.4) is 0 Å². The smallest absolute Gasteiger partial charge is 0.419 e. The first-order valence-electron chi connectivity index (χ1n) is 9.49. The Morgan fingerprint density at radius 2 is 1.80 bits per heavy atom. The maximum atomic E-state index is 13.1. The van der Waals surface area contributed by atoms with Crippen LogP contribution >= 0.6 is 0 Å². The Morgan fingerprint density at radius 3 is 2.57 bits per heavy atom. The third kappa shape index (κ3) is 2.83. The van der Waals surface area contributed by atoms with E-state index < -0.39 is 21.5 Å². The summed E-state index contributed by atoms with van der Waals surface area (Å²) >= 11 is 0. The summed E-state index contributed by atoms with van der Waals surface area (Å²) in [5.41, 5.74) is 0.286. The fourth-order valence-electron chi connectivity index (χ4n) is 3.99. The molecule has 0 bridgehead atoms. The summed E-state index contributed by atoms with van der Waals surface area (Å²) < 4.78 is 40.1. The van der Waals surface area contributed by atoms with Crippen molar-refractivity contribution < 1.29 is 22.4 Å². The first kappa shape index (κ1) is 18.9. The van der Waals surface area contributed by atoms with Crippen molar-refractivity contribution in [3.05, 3.63) is 58.6 Å². The molecule has 5 rings (SSSR count). The van der Waals surface area contributed by atoms with Crippen molar-refractivity contribution in [1.29, 1.82) is 0 Å². The molecular weight excluding hydrogens is 410 g/mol. The SMILES string of the molecule is Cn1c(=O)oc2cc(S(=O)(=O)N3CCC4(CC3)NC(=O)c3ccccc3O4)ccc21. The number of hydrogen-bond acceptors (Lipinski definition) is 6. The molecule has 1 fully saturated rings. The number of para-hydroxylation sites is 1. The van der Waals surface area contributed by atoms with Crippen LogP contribution in [0.5, 0.6) is 5.75 Å². The van der Waals surface area contributed by atoms with Crippen LogP contribution in [0.15, 0.2) is 56.6 Å². The lowest BCUT2D eigenvalue weighted by atomic mass is 9.98. The molecule has 30 heavy (non-hydrogen) atoms. The summed E-state index contributed by atoms with van der Waals surface area (Å²) in [6.07, 6.45) is 0.629. The topological polar surface area (TPSA) is 111 Å². The van der Waals surface area contributed by atoms with Crippen molar-refractivity contribution in [3.63, 3.8) is 0 Å². The van der Waals surface area contributed by atoms with Gasteiger partial charge < -0.3 is 14.5 Å². The van der Waals surface area contributed by atoms with Crippen LogP contribution in [-0.2, 0) is 17.1 Å². The minimum atomic E-state index is -3.79. The Balaban J connectivity index is 1.39. The lowest BCUT2D eigenvalue weighted by Gasteiger charge is -2.44. The average Bonchev–Trinajstić information content (AvgIpc) is 3.01. The van der Waals surface area contributed by atoms with Crippen LogP contribution in [0, 0.1) is 0 Å². The molecule has 1 saturated heterocycles. The molecule has 3 aromatic rings. The van der Waals surface area contributed by atoms with Crippen molar-refractivity contribution >= 4 is 27.0 Å². The van der Waals surface area contributed by atoms with Crippen molar-refractivity contribution in [3.8, 4) is 5.75 Å². The molecule has 0 unspecified atom stereocenters. The quantitative estimate of drug-likeness (QED) is 0.660. The Bertz CT molecular complexity index is 1330. The Hall–Kier alpha value is -3.11. The normalized spacial score (nSPS) is 18.8. The fourth-order valence-corrected chi connectivity index (χ4v) is 5.45. The van der Waals surface area contributed by atoms with Gasteiger partial charge in [-0.25, -0.2) is 13.2 Å². The van der Waals surface area contributed by atoms with Crippen molar-refractivity contribution in [1.82, 2.24) is 14.2 Å². The van der Waals surface area contributed by atoms with Crippen molar-refractivity contribution in [2.24, 2.45) is 7.05 Å². The van der Waals surface area contributed by atoms with E-state index in [1.54, 1.807) is 37.4 Å². The minimum Gasteiger partial charge on any atom is -0.467 e. The number of oxazole rings is 1. The van der Waals surface area contributed by atoms with E-state index in [1.807, 2.05) is 0 Å². The van der Waals surface area contributed by atoms with Crippen LogP contribution in [0.25, 0.3) is 11.1 Å². The van der Waals surface area contributed by atoms with Gasteiger partial charge in [-0.1, -0.05) is 12.1 Å². The molecular formula is C20H19N3O6S. The zero-order chi connectivity index (χ0) is 21.1. The summed E-state index contributed by atoms with van der Waals surface area (Å²) in [6.45, 7) is 0.364. The molecule has 2 aliphatic rings.